The second-order valence-electron chi connectivity index (χ2n) is 5.59. The lowest BCUT2D eigenvalue weighted by atomic mass is 10.1. The monoisotopic (exact) mass is 398 g/mol. The smallest absolute Gasteiger partial charge is 0.316 e. The molecule has 25 heavy (non-hydrogen) atoms. The number of anilines is 1. The Bertz CT molecular complexity index is 952. The van der Waals surface area contributed by atoms with Gasteiger partial charge in [0, 0.05) is 34.8 Å². The molecule has 1 aliphatic rings. The fraction of sp³-hybridized carbons (Fsp3) is 0.167. The highest BCUT2D eigenvalue weighted by Crippen LogP contribution is 2.33. The van der Waals surface area contributed by atoms with Crippen LogP contribution in [-0.2, 0) is 13.0 Å². The van der Waals surface area contributed by atoms with Crippen LogP contribution >= 0.6 is 15.9 Å². The molecule has 0 fully saturated rings. The van der Waals surface area contributed by atoms with Crippen LogP contribution < -0.4 is 10.1 Å². The molecule has 2 aromatic heterocycles. The first kappa shape index (κ1) is 15.8. The van der Waals surface area contributed by atoms with Crippen LogP contribution in [0, 0.1) is 0 Å². The first-order valence-corrected chi connectivity index (χ1v) is 8.58. The van der Waals surface area contributed by atoms with E-state index in [2.05, 4.69) is 42.5 Å². The van der Waals surface area contributed by atoms with E-state index in [4.69, 9.17) is 9.15 Å². The van der Waals surface area contributed by atoms with E-state index in [1.807, 2.05) is 30.3 Å². The molecule has 7 heteroatoms. The topological polar surface area (TPSA) is 73.1 Å². The molecule has 126 valence electrons. The molecule has 0 saturated carbocycles. The van der Waals surface area contributed by atoms with Gasteiger partial charge in [-0.15, -0.1) is 5.10 Å². The van der Waals surface area contributed by atoms with Crippen LogP contribution in [0.1, 0.15) is 22.7 Å². The molecule has 2 heterocycles. The summed E-state index contributed by atoms with van der Waals surface area (Å²) in [6.45, 7) is 0.571. The number of ether oxygens (including phenoxy) is 1. The van der Waals surface area contributed by atoms with Crippen molar-refractivity contribution >= 4 is 27.5 Å². The zero-order valence-electron chi connectivity index (χ0n) is 13.5. The predicted octanol–water partition coefficient (Wildman–Crippen LogP) is 3.84. The minimum atomic E-state index is 0.384. The molecule has 1 N–H and O–H groups in total. The highest BCUT2D eigenvalue weighted by molar-refractivity contribution is 9.10. The Hall–Kier alpha value is -2.67. The maximum atomic E-state index is 5.77. The molecule has 1 aliphatic carbocycles. The quantitative estimate of drug-likeness (QED) is 0.703. The zero-order valence-corrected chi connectivity index (χ0v) is 15.1. The summed E-state index contributed by atoms with van der Waals surface area (Å²) in [6, 6.07) is 10.2. The van der Waals surface area contributed by atoms with E-state index in [9.17, 15) is 0 Å². The second kappa shape index (κ2) is 6.68. The van der Waals surface area contributed by atoms with E-state index in [1.54, 1.807) is 13.3 Å². The van der Waals surface area contributed by atoms with Gasteiger partial charge >= 0.3 is 6.01 Å². The fourth-order valence-corrected chi connectivity index (χ4v) is 3.07. The summed E-state index contributed by atoms with van der Waals surface area (Å²) in [5.74, 6) is 1.31. The van der Waals surface area contributed by atoms with Crippen molar-refractivity contribution in [1.82, 2.24) is 15.2 Å². The lowest BCUT2D eigenvalue weighted by molar-refractivity contribution is 0.414. The Morgan fingerprint density at radius 3 is 3.08 bits per heavy atom. The number of nitrogens with one attached hydrogen (secondary N) is 1. The Kier molecular flexibility index (Phi) is 4.23. The van der Waals surface area contributed by atoms with Crippen LogP contribution in [0.2, 0.25) is 0 Å². The fourth-order valence-electron chi connectivity index (χ4n) is 2.74. The first-order chi connectivity index (χ1) is 12.2. The van der Waals surface area contributed by atoms with E-state index in [1.165, 1.54) is 0 Å². The molecular formula is C18H15BrN4O2. The van der Waals surface area contributed by atoms with Gasteiger partial charge in [0.2, 0.25) is 5.89 Å². The Labute approximate surface area is 153 Å². The van der Waals surface area contributed by atoms with E-state index < -0.39 is 0 Å². The molecule has 0 unspecified atom stereocenters. The van der Waals surface area contributed by atoms with Crippen molar-refractivity contribution in [2.24, 2.45) is 0 Å². The second-order valence-corrected chi connectivity index (χ2v) is 6.50. The number of hydrogen-bond acceptors (Lipinski definition) is 6. The van der Waals surface area contributed by atoms with Crippen molar-refractivity contribution in [3.05, 3.63) is 69.8 Å². The Morgan fingerprint density at radius 1 is 1.28 bits per heavy atom. The van der Waals surface area contributed by atoms with Crippen LogP contribution in [0.3, 0.4) is 0 Å². The van der Waals surface area contributed by atoms with Gasteiger partial charge in [-0.25, -0.2) is 0 Å². The molecule has 0 aliphatic heterocycles. The molecule has 0 atom stereocenters. The highest BCUT2D eigenvalue weighted by Gasteiger charge is 2.21. The van der Waals surface area contributed by atoms with Crippen LogP contribution in [0.4, 0.5) is 6.01 Å². The molecule has 4 rings (SSSR count). The number of methoxy groups -OCH3 is 1. The summed E-state index contributed by atoms with van der Waals surface area (Å²) < 4.78 is 11.9. The van der Waals surface area contributed by atoms with Crippen molar-refractivity contribution in [3.63, 3.8) is 0 Å². The third-order valence-corrected chi connectivity index (χ3v) is 4.39. The number of nitrogens with zero attached hydrogens (tertiary/aromatic N) is 3. The highest BCUT2D eigenvalue weighted by atomic mass is 79.9. The molecule has 0 amide bonds. The lowest BCUT2D eigenvalue weighted by Crippen LogP contribution is -1.99. The molecular weight excluding hydrogens is 384 g/mol. The average Bonchev–Trinajstić information content (AvgIpc) is 3.26. The van der Waals surface area contributed by atoms with Gasteiger partial charge in [-0.1, -0.05) is 23.3 Å². The SMILES string of the molecule is COc1cccc(CNc2nnc(C3=CCc4ncc(Br)cc43)o2)c1. The number of allylic oxidation sites excluding steroid dienone is 1. The predicted molar refractivity (Wildman–Crippen MR) is 97.3 cm³/mol. The molecule has 0 saturated heterocycles. The average molecular weight is 399 g/mol. The molecule has 6 nitrogen and oxygen atoms in total. The Morgan fingerprint density at radius 2 is 2.20 bits per heavy atom. The standard InChI is InChI=1S/C18H15BrN4O2/c1-24-13-4-2-3-11(7-13)9-21-18-23-22-17(25-18)14-5-6-16-15(14)8-12(19)10-20-16/h2-5,7-8,10H,6,9H2,1H3,(H,21,23). The number of benzene rings is 1. The summed E-state index contributed by atoms with van der Waals surface area (Å²) in [6.07, 6.45) is 4.63. The number of hydrogen-bond donors (Lipinski definition) is 1. The first-order valence-electron chi connectivity index (χ1n) is 7.78. The number of rotatable bonds is 5. The van der Waals surface area contributed by atoms with Crippen LogP contribution in [-0.4, -0.2) is 22.3 Å². The third kappa shape index (κ3) is 3.28. The van der Waals surface area contributed by atoms with Gasteiger partial charge in [0.25, 0.3) is 0 Å². The minimum Gasteiger partial charge on any atom is -0.497 e. The van der Waals surface area contributed by atoms with Crippen LogP contribution in [0.15, 0.2) is 51.5 Å². The maximum absolute atomic E-state index is 5.77. The summed E-state index contributed by atoms with van der Waals surface area (Å²) in [7, 11) is 1.65. The van der Waals surface area contributed by atoms with Gasteiger partial charge in [-0.2, -0.15) is 0 Å². The van der Waals surface area contributed by atoms with Crippen LogP contribution in [0.25, 0.3) is 5.57 Å². The normalized spacial score (nSPS) is 12.6. The molecule has 1 aromatic carbocycles. The molecule has 3 aromatic rings. The summed E-state index contributed by atoms with van der Waals surface area (Å²) in [4.78, 5) is 4.42. The maximum Gasteiger partial charge on any atom is 0.316 e. The van der Waals surface area contributed by atoms with E-state index >= 15 is 0 Å². The zero-order chi connectivity index (χ0) is 17.2. The Balaban J connectivity index is 1.49. The van der Waals surface area contributed by atoms with Crippen molar-refractivity contribution in [1.29, 1.82) is 0 Å². The van der Waals surface area contributed by atoms with Crippen molar-refractivity contribution in [2.45, 2.75) is 13.0 Å². The minimum absolute atomic E-state index is 0.384. The molecule has 0 radical (unpaired) electrons. The lowest BCUT2D eigenvalue weighted by Gasteiger charge is -2.04. The third-order valence-electron chi connectivity index (χ3n) is 3.96. The summed E-state index contributed by atoms with van der Waals surface area (Å²) >= 11 is 3.45. The molecule has 0 spiro atoms. The van der Waals surface area contributed by atoms with Gasteiger partial charge in [0.15, 0.2) is 0 Å². The van der Waals surface area contributed by atoms with Crippen molar-refractivity contribution < 1.29 is 9.15 Å². The molecule has 0 bridgehead atoms. The van der Waals surface area contributed by atoms with Crippen molar-refractivity contribution in [3.8, 4) is 5.75 Å². The van der Waals surface area contributed by atoms with Crippen LogP contribution in [0.5, 0.6) is 5.75 Å². The van der Waals surface area contributed by atoms with Gasteiger partial charge in [0.1, 0.15) is 5.75 Å². The van der Waals surface area contributed by atoms with Gasteiger partial charge in [-0.3, -0.25) is 4.98 Å². The van der Waals surface area contributed by atoms with Gasteiger partial charge < -0.3 is 14.5 Å². The largest absolute Gasteiger partial charge is 0.497 e. The van der Waals surface area contributed by atoms with Crippen molar-refractivity contribution in [2.75, 3.05) is 12.4 Å². The summed E-state index contributed by atoms with van der Waals surface area (Å²) in [5, 5.41) is 11.4. The summed E-state index contributed by atoms with van der Waals surface area (Å²) in [5.41, 5.74) is 4.03. The van der Waals surface area contributed by atoms with E-state index in [0.717, 1.165) is 39.0 Å². The number of halogens is 1. The number of fused-ring (bicyclic) bond motifs is 1. The van der Waals surface area contributed by atoms with Gasteiger partial charge in [-0.05, 0) is 39.7 Å². The van der Waals surface area contributed by atoms with E-state index in [-0.39, 0.29) is 0 Å². The van der Waals surface area contributed by atoms with E-state index in [0.29, 0.717) is 18.5 Å². The number of pyridine rings is 1. The van der Waals surface area contributed by atoms with Gasteiger partial charge in [0.05, 0.1) is 12.8 Å². The number of aromatic nitrogens is 3.